The van der Waals surface area contributed by atoms with Crippen molar-refractivity contribution in [1.29, 1.82) is 0 Å². The first-order valence-corrected chi connectivity index (χ1v) is 11.5. The third-order valence-corrected chi connectivity index (χ3v) is 5.57. The van der Waals surface area contributed by atoms with Crippen molar-refractivity contribution < 1.29 is 36.0 Å². The number of anilines is 1. The molecule has 0 saturated carbocycles. The Hall–Kier alpha value is -4.89. The monoisotopic (exact) mass is 529 g/mol. The van der Waals surface area contributed by atoms with Crippen molar-refractivity contribution in [3.05, 3.63) is 109 Å². The maximum absolute atomic E-state index is 13.1. The maximum Gasteiger partial charge on any atom is 0.517 e. The molecular formula is C28H24ClN5O4. The number of rotatable bonds is 5. The molecule has 0 bridgehead atoms. The molecule has 10 heteroatoms. The van der Waals surface area contributed by atoms with Gasteiger partial charge < -0.3 is 21.9 Å². The van der Waals surface area contributed by atoms with Crippen LogP contribution in [-0.2, 0) is 7.05 Å². The van der Waals surface area contributed by atoms with E-state index in [4.69, 9.17) is 14.6 Å². The third-order valence-electron chi connectivity index (χ3n) is 5.57. The molecule has 192 valence electrons. The molecular weight excluding hydrogens is 506 g/mol. The van der Waals surface area contributed by atoms with Gasteiger partial charge in [-0.1, -0.05) is 54.6 Å². The second-order valence-electron chi connectivity index (χ2n) is 8.24. The quantitative estimate of drug-likeness (QED) is 0.352. The topological polar surface area (TPSA) is 91.3 Å². The Morgan fingerprint density at radius 1 is 0.842 bits per heavy atom. The average Bonchev–Trinajstić information content (AvgIpc) is 3.45. The zero-order valence-electron chi connectivity index (χ0n) is 20.6. The minimum Gasteiger partial charge on any atom is -1.00 e. The van der Waals surface area contributed by atoms with Crippen LogP contribution >= 0.6 is 0 Å². The van der Waals surface area contributed by atoms with Gasteiger partial charge in [-0.3, -0.25) is 5.32 Å². The van der Waals surface area contributed by atoms with Gasteiger partial charge in [0, 0.05) is 5.56 Å². The number of carbonyl (C=O) groups is 2. The lowest BCUT2D eigenvalue weighted by Gasteiger charge is -2.10. The number of aryl methyl sites for hydroxylation is 1. The van der Waals surface area contributed by atoms with Gasteiger partial charge in [0.15, 0.2) is 0 Å². The first kappa shape index (κ1) is 26.2. The zero-order valence-corrected chi connectivity index (χ0v) is 21.4. The van der Waals surface area contributed by atoms with Crippen LogP contribution in [0.2, 0.25) is 0 Å². The minimum absolute atomic E-state index is 0. The lowest BCUT2D eigenvalue weighted by Crippen LogP contribution is -3.00. The molecule has 0 radical (unpaired) electrons. The molecule has 0 aliphatic carbocycles. The van der Waals surface area contributed by atoms with Crippen molar-refractivity contribution >= 4 is 18.0 Å². The number of para-hydroxylation sites is 3. The molecule has 0 unspecified atom stereocenters. The summed E-state index contributed by atoms with van der Waals surface area (Å²) in [5, 5.41) is 7.60. The van der Waals surface area contributed by atoms with E-state index in [-0.39, 0.29) is 12.4 Å². The summed E-state index contributed by atoms with van der Waals surface area (Å²) in [7, 11) is 1.80. The van der Waals surface area contributed by atoms with E-state index in [1.807, 2.05) is 49.4 Å². The van der Waals surface area contributed by atoms with Crippen LogP contribution < -0.4 is 31.8 Å². The molecule has 0 atom stereocenters. The average molecular weight is 530 g/mol. The van der Waals surface area contributed by atoms with Gasteiger partial charge >= 0.3 is 12.2 Å². The van der Waals surface area contributed by atoms with Gasteiger partial charge in [0.2, 0.25) is 5.69 Å². The Kier molecular flexibility index (Phi) is 7.88. The smallest absolute Gasteiger partial charge is 0.517 e. The summed E-state index contributed by atoms with van der Waals surface area (Å²) in [4.78, 5) is 25.9. The fourth-order valence-corrected chi connectivity index (χ4v) is 3.85. The van der Waals surface area contributed by atoms with Gasteiger partial charge in [0.05, 0.1) is 12.7 Å². The third kappa shape index (κ3) is 5.58. The number of benzene rings is 3. The molecule has 1 amide bonds. The number of aromatic nitrogens is 4. The molecule has 3 aromatic carbocycles. The number of amides is 1. The van der Waals surface area contributed by atoms with Crippen molar-refractivity contribution in [3.8, 4) is 28.6 Å². The fraction of sp³-hybridized carbons (Fsp3) is 0.0714. The predicted octanol–water partition coefficient (Wildman–Crippen LogP) is 2.14. The van der Waals surface area contributed by atoms with Gasteiger partial charge in [-0.25, -0.2) is 14.0 Å². The molecule has 38 heavy (non-hydrogen) atoms. The number of ether oxygens (including phenoxy) is 2. The largest absolute Gasteiger partial charge is 1.00 e. The predicted molar refractivity (Wildman–Crippen MR) is 137 cm³/mol. The summed E-state index contributed by atoms with van der Waals surface area (Å²) in [6.07, 6.45) is 2.12. The van der Waals surface area contributed by atoms with Crippen molar-refractivity contribution in [2.24, 2.45) is 7.05 Å². The van der Waals surface area contributed by atoms with Crippen LogP contribution in [0, 0.1) is 6.92 Å². The number of hydrogen-bond acceptors (Lipinski definition) is 5. The summed E-state index contributed by atoms with van der Waals surface area (Å²) in [6, 6.07) is 27.0. The summed E-state index contributed by atoms with van der Waals surface area (Å²) >= 11 is 0. The van der Waals surface area contributed by atoms with Gasteiger partial charge in [-0.05, 0) is 43.3 Å². The molecule has 1 N–H and O–H groups in total. The fourth-order valence-electron chi connectivity index (χ4n) is 3.85. The molecule has 0 fully saturated rings. The lowest BCUT2D eigenvalue weighted by atomic mass is 10.2. The first-order valence-electron chi connectivity index (χ1n) is 11.5. The van der Waals surface area contributed by atoms with Crippen LogP contribution in [0.5, 0.6) is 11.5 Å². The normalized spacial score (nSPS) is 10.4. The van der Waals surface area contributed by atoms with E-state index in [0.717, 1.165) is 5.69 Å². The van der Waals surface area contributed by atoms with Gasteiger partial charge in [-0.15, -0.1) is 4.57 Å². The molecule has 0 aliphatic rings. The van der Waals surface area contributed by atoms with Crippen molar-refractivity contribution in [3.63, 3.8) is 0 Å². The second-order valence-corrected chi connectivity index (χ2v) is 8.24. The Labute approximate surface area is 225 Å². The molecule has 2 aromatic heterocycles. The number of nitrogens with zero attached hydrogens (tertiary/aromatic N) is 4. The Morgan fingerprint density at radius 2 is 1.39 bits per heavy atom. The van der Waals surface area contributed by atoms with Crippen molar-refractivity contribution in [2.45, 2.75) is 6.92 Å². The van der Waals surface area contributed by atoms with Gasteiger partial charge in [0.1, 0.15) is 29.2 Å². The van der Waals surface area contributed by atoms with Crippen LogP contribution in [0.4, 0.5) is 15.4 Å². The molecule has 5 aromatic rings. The van der Waals surface area contributed by atoms with E-state index >= 15 is 0 Å². The summed E-state index contributed by atoms with van der Waals surface area (Å²) in [5.74, 6) is 1.24. The molecule has 2 heterocycles. The van der Waals surface area contributed by atoms with Crippen LogP contribution in [-0.4, -0.2) is 26.5 Å². The van der Waals surface area contributed by atoms with Crippen molar-refractivity contribution in [1.82, 2.24) is 14.3 Å². The second kappa shape index (κ2) is 11.4. The lowest BCUT2D eigenvalue weighted by molar-refractivity contribution is -0.570. The highest BCUT2D eigenvalue weighted by molar-refractivity contribution is 5.88. The highest BCUT2D eigenvalue weighted by Gasteiger charge is 2.29. The first-order chi connectivity index (χ1) is 18.0. The highest BCUT2D eigenvalue weighted by atomic mass is 35.5. The summed E-state index contributed by atoms with van der Waals surface area (Å²) in [5.41, 5.74) is 2.35. The number of nitrogens with one attached hydrogen (secondary N) is 1. The zero-order chi connectivity index (χ0) is 25.8. The van der Waals surface area contributed by atoms with Crippen LogP contribution in [0.3, 0.4) is 0 Å². The molecule has 0 saturated heterocycles. The van der Waals surface area contributed by atoms with E-state index in [9.17, 15) is 9.59 Å². The molecule has 0 spiro atoms. The van der Waals surface area contributed by atoms with Crippen LogP contribution in [0.25, 0.3) is 17.1 Å². The Bertz CT molecular complexity index is 1550. The van der Waals surface area contributed by atoms with Gasteiger partial charge in [-0.2, -0.15) is 9.89 Å². The van der Waals surface area contributed by atoms with E-state index in [1.165, 1.54) is 4.57 Å². The Morgan fingerprint density at radius 3 is 2.00 bits per heavy atom. The summed E-state index contributed by atoms with van der Waals surface area (Å²) < 4.78 is 15.7. The number of imidazole rings is 1. The summed E-state index contributed by atoms with van der Waals surface area (Å²) in [6.45, 7) is 1.82. The molecule has 5 rings (SSSR count). The highest BCUT2D eigenvalue weighted by Crippen LogP contribution is 2.29. The number of carbonyl (C=O) groups excluding carboxylic acids is 2. The van der Waals surface area contributed by atoms with Crippen molar-refractivity contribution in [2.75, 3.05) is 5.32 Å². The minimum atomic E-state index is -0.664. The molecule has 0 aliphatic heterocycles. The van der Waals surface area contributed by atoms with E-state index < -0.39 is 12.2 Å². The number of hydrogen-bond donors (Lipinski definition) is 1. The van der Waals surface area contributed by atoms with Gasteiger partial charge in [0.25, 0.3) is 6.33 Å². The van der Waals surface area contributed by atoms with Crippen LogP contribution in [0.15, 0.2) is 104 Å². The SMILES string of the molecule is Cc1c(-c2cn(C)c[n+]2C(=O)Oc2ccccc2)nn(-c2ccccc2)c1NC(=O)Oc1ccccc1.[Cl-]. The Balaban J connectivity index is 0.00000336. The van der Waals surface area contributed by atoms with E-state index in [0.29, 0.717) is 34.3 Å². The van der Waals surface area contributed by atoms with Crippen LogP contribution in [0.1, 0.15) is 5.56 Å². The molecule has 9 nitrogen and oxygen atoms in total. The maximum atomic E-state index is 13.1. The van der Waals surface area contributed by atoms with E-state index in [2.05, 4.69) is 5.32 Å². The standard InChI is InChI=1S/C28H23N5O4.ClH/c1-20-25(24-18-31(2)19-32(24)28(35)37-23-16-10-5-11-17-23)30-33(21-12-6-3-7-13-21)26(20)29-27(34)36-22-14-8-4-9-15-22;/h3-19H,1-2H3;1H. The number of halogens is 1. The van der Waals surface area contributed by atoms with E-state index in [1.54, 1.807) is 77.4 Å².